The quantitative estimate of drug-likeness (QED) is 0.884. The van der Waals surface area contributed by atoms with Crippen molar-refractivity contribution in [3.63, 3.8) is 0 Å². The molecule has 0 amide bonds. The molecule has 1 aliphatic rings. The first-order valence-corrected chi connectivity index (χ1v) is 6.89. The molecule has 0 heterocycles. The van der Waals surface area contributed by atoms with Crippen molar-refractivity contribution in [1.29, 1.82) is 0 Å². The summed E-state index contributed by atoms with van der Waals surface area (Å²) in [7, 11) is 0. The largest absolute Gasteiger partial charge is 0.415 e. The molecule has 1 saturated carbocycles. The van der Waals surface area contributed by atoms with Gasteiger partial charge in [0.25, 0.3) is 0 Å². The Kier molecular flexibility index (Phi) is 4.53. The second-order valence-electron chi connectivity index (χ2n) is 4.89. The Bertz CT molecular complexity index is 432. The number of alkyl halides is 3. The highest BCUT2D eigenvalue weighted by molar-refractivity contribution is 9.10. The second-order valence-corrected chi connectivity index (χ2v) is 5.80. The summed E-state index contributed by atoms with van der Waals surface area (Å²) in [5.41, 5.74) is 1.20. The molecule has 2 N–H and O–H groups in total. The average molecular weight is 338 g/mol. The Labute approximate surface area is 118 Å². The monoisotopic (exact) mass is 337 g/mol. The van der Waals surface area contributed by atoms with Crippen molar-refractivity contribution in [2.75, 3.05) is 6.54 Å². The van der Waals surface area contributed by atoms with E-state index in [0.29, 0.717) is 5.92 Å². The van der Waals surface area contributed by atoms with E-state index in [0.717, 1.165) is 17.3 Å². The van der Waals surface area contributed by atoms with E-state index in [-0.39, 0.29) is 6.04 Å². The summed E-state index contributed by atoms with van der Waals surface area (Å²) in [4.78, 5) is 0. The van der Waals surface area contributed by atoms with Gasteiger partial charge in [-0.3, -0.25) is 0 Å². The smallest absolute Gasteiger partial charge is 0.382 e. The third-order valence-electron chi connectivity index (χ3n) is 3.44. The third kappa shape index (κ3) is 3.94. The number of halogens is 4. The Morgan fingerprint density at radius 1 is 1.37 bits per heavy atom. The molecule has 0 saturated heterocycles. The molecular formula is C13H15BrF3NO. The summed E-state index contributed by atoms with van der Waals surface area (Å²) in [6.45, 7) is -0.431. The number of hydrogen-bond donors (Lipinski definition) is 2. The van der Waals surface area contributed by atoms with Gasteiger partial charge in [-0.2, -0.15) is 13.2 Å². The predicted molar refractivity (Wildman–Crippen MR) is 70.0 cm³/mol. The molecule has 1 fully saturated rings. The van der Waals surface area contributed by atoms with Crippen molar-refractivity contribution in [2.45, 2.75) is 37.1 Å². The number of aliphatic hydroxyl groups excluding tert-OH is 1. The standard InChI is InChI=1S/C13H15BrF3NO/c14-10-3-1-2-8(4-10)9-5-11(6-9)18-7-12(19)13(15,16)17/h1-4,9,11-12,18-19H,5-7H2. The van der Waals surface area contributed by atoms with Crippen LogP contribution in [0.1, 0.15) is 24.3 Å². The van der Waals surface area contributed by atoms with Crippen molar-refractivity contribution in [1.82, 2.24) is 5.32 Å². The highest BCUT2D eigenvalue weighted by Crippen LogP contribution is 2.37. The fourth-order valence-corrected chi connectivity index (χ4v) is 2.63. The van der Waals surface area contributed by atoms with E-state index >= 15 is 0 Å². The van der Waals surface area contributed by atoms with E-state index in [1.807, 2.05) is 24.3 Å². The van der Waals surface area contributed by atoms with Gasteiger partial charge in [-0.15, -0.1) is 0 Å². The summed E-state index contributed by atoms with van der Waals surface area (Å²) < 4.78 is 37.3. The SMILES string of the molecule is OC(CNC1CC(c2cccc(Br)c2)C1)C(F)(F)F. The molecule has 1 aromatic carbocycles. The van der Waals surface area contributed by atoms with Gasteiger partial charge in [0.15, 0.2) is 6.10 Å². The zero-order valence-corrected chi connectivity index (χ0v) is 11.7. The zero-order valence-electron chi connectivity index (χ0n) is 10.1. The van der Waals surface area contributed by atoms with Crippen LogP contribution in [-0.4, -0.2) is 30.0 Å². The first kappa shape index (κ1) is 14.8. The van der Waals surface area contributed by atoms with E-state index in [4.69, 9.17) is 5.11 Å². The van der Waals surface area contributed by atoms with Gasteiger partial charge in [0.05, 0.1) is 0 Å². The lowest BCUT2D eigenvalue weighted by molar-refractivity contribution is -0.202. The van der Waals surface area contributed by atoms with Crippen LogP contribution in [0, 0.1) is 0 Å². The van der Waals surface area contributed by atoms with E-state index in [2.05, 4.69) is 21.2 Å². The topological polar surface area (TPSA) is 32.3 Å². The van der Waals surface area contributed by atoms with Crippen LogP contribution in [0.4, 0.5) is 13.2 Å². The Balaban J connectivity index is 1.75. The molecule has 1 aromatic rings. The number of hydrogen-bond acceptors (Lipinski definition) is 2. The molecule has 1 aliphatic carbocycles. The molecule has 0 radical (unpaired) electrons. The Morgan fingerprint density at radius 3 is 2.63 bits per heavy atom. The Morgan fingerprint density at radius 2 is 2.05 bits per heavy atom. The molecule has 0 spiro atoms. The van der Waals surface area contributed by atoms with Crippen molar-refractivity contribution < 1.29 is 18.3 Å². The summed E-state index contributed by atoms with van der Waals surface area (Å²) in [5.74, 6) is 0.387. The molecule has 0 aromatic heterocycles. The molecular weight excluding hydrogens is 323 g/mol. The molecule has 19 heavy (non-hydrogen) atoms. The highest BCUT2D eigenvalue weighted by Gasteiger charge is 2.39. The minimum absolute atomic E-state index is 0.0565. The van der Waals surface area contributed by atoms with E-state index in [1.165, 1.54) is 5.56 Å². The molecule has 0 aliphatic heterocycles. The summed E-state index contributed by atoms with van der Waals surface area (Å²) in [5, 5.41) is 11.6. The normalized spacial score (nSPS) is 24.9. The molecule has 1 unspecified atom stereocenters. The van der Waals surface area contributed by atoms with Crippen LogP contribution in [0.2, 0.25) is 0 Å². The first-order chi connectivity index (χ1) is 8.86. The van der Waals surface area contributed by atoms with Crippen molar-refractivity contribution in [3.8, 4) is 0 Å². The molecule has 1 atom stereocenters. The van der Waals surface area contributed by atoms with Gasteiger partial charge in [-0.1, -0.05) is 28.1 Å². The predicted octanol–water partition coefficient (Wildman–Crippen LogP) is 3.21. The summed E-state index contributed by atoms with van der Waals surface area (Å²) in [6, 6.07) is 8.01. The molecule has 6 heteroatoms. The minimum Gasteiger partial charge on any atom is -0.382 e. The molecule has 2 rings (SSSR count). The van der Waals surface area contributed by atoms with Crippen LogP contribution in [0.25, 0.3) is 0 Å². The Hall–Kier alpha value is -0.590. The number of aliphatic hydroxyl groups is 1. The van der Waals surface area contributed by atoms with Crippen molar-refractivity contribution in [3.05, 3.63) is 34.3 Å². The van der Waals surface area contributed by atoms with Gasteiger partial charge in [0, 0.05) is 17.1 Å². The zero-order chi connectivity index (χ0) is 14.0. The number of benzene rings is 1. The lowest BCUT2D eigenvalue weighted by atomic mass is 9.76. The van der Waals surface area contributed by atoms with Gasteiger partial charge in [0.1, 0.15) is 0 Å². The molecule has 0 bridgehead atoms. The van der Waals surface area contributed by atoms with Gasteiger partial charge in [-0.25, -0.2) is 0 Å². The van der Waals surface area contributed by atoms with Gasteiger partial charge in [0.2, 0.25) is 0 Å². The van der Waals surface area contributed by atoms with E-state index in [1.54, 1.807) is 0 Å². The van der Waals surface area contributed by atoms with Crippen LogP contribution < -0.4 is 5.32 Å². The lowest BCUT2D eigenvalue weighted by Gasteiger charge is -2.37. The van der Waals surface area contributed by atoms with Gasteiger partial charge >= 0.3 is 6.18 Å². The second kappa shape index (κ2) is 5.81. The van der Waals surface area contributed by atoms with Crippen LogP contribution >= 0.6 is 15.9 Å². The van der Waals surface area contributed by atoms with Crippen LogP contribution in [-0.2, 0) is 0 Å². The van der Waals surface area contributed by atoms with Crippen molar-refractivity contribution in [2.24, 2.45) is 0 Å². The van der Waals surface area contributed by atoms with Crippen LogP contribution in [0.15, 0.2) is 28.7 Å². The molecule has 106 valence electrons. The minimum atomic E-state index is -4.54. The summed E-state index contributed by atoms with van der Waals surface area (Å²) in [6.07, 6.45) is -5.21. The average Bonchev–Trinajstić information content (AvgIpc) is 2.25. The van der Waals surface area contributed by atoms with Crippen LogP contribution in [0.3, 0.4) is 0 Å². The number of rotatable bonds is 4. The van der Waals surface area contributed by atoms with Gasteiger partial charge < -0.3 is 10.4 Å². The third-order valence-corrected chi connectivity index (χ3v) is 3.93. The maximum atomic E-state index is 12.1. The molecule has 2 nitrogen and oxygen atoms in total. The van der Waals surface area contributed by atoms with Crippen LogP contribution in [0.5, 0.6) is 0 Å². The van der Waals surface area contributed by atoms with E-state index < -0.39 is 18.8 Å². The van der Waals surface area contributed by atoms with Crippen molar-refractivity contribution >= 4 is 15.9 Å². The fraction of sp³-hybridized carbons (Fsp3) is 0.538. The van der Waals surface area contributed by atoms with E-state index in [9.17, 15) is 13.2 Å². The maximum Gasteiger partial charge on any atom is 0.415 e. The first-order valence-electron chi connectivity index (χ1n) is 6.10. The number of nitrogens with one attached hydrogen (secondary N) is 1. The lowest BCUT2D eigenvalue weighted by Crippen LogP contribution is -2.46. The fourth-order valence-electron chi connectivity index (χ4n) is 2.21. The highest BCUT2D eigenvalue weighted by atomic mass is 79.9. The maximum absolute atomic E-state index is 12.1. The summed E-state index contributed by atoms with van der Waals surface area (Å²) >= 11 is 3.40. The van der Waals surface area contributed by atoms with Gasteiger partial charge in [-0.05, 0) is 36.5 Å².